The van der Waals surface area contributed by atoms with Crippen LogP contribution in [0.1, 0.15) is 11.5 Å². The molecule has 8 nitrogen and oxygen atoms in total. The third kappa shape index (κ3) is 4.50. The van der Waals surface area contributed by atoms with Crippen molar-refractivity contribution in [2.75, 3.05) is 6.26 Å². The van der Waals surface area contributed by atoms with Gasteiger partial charge in [-0.3, -0.25) is 0 Å². The van der Waals surface area contributed by atoms with E-state index in [0.717, 1.165) is 6.26 Å². The van der Waals surface area contributed by atoms with Crippen molar-refractivity contribution >= 4 is 31.5 Å². The second-order valence-corrected chi connectivity index (χ2v) is 8.51. The first-order chi connectivity index (χ1) is 10.2. The van der Waals surface area contributed by atoms with Gasteiger partial charge in [-0.25, -0.2) is 21.6 Å². The Bertz CT molecular complexity index is 877. The Morgan fingerprint density at radius 1 is 1.18 bits per heavy atom. The van der Waals surface area contributed by atoms with Gasteiger partial charge in [-0.1, -0.05) is 34.9 Å². The molecule has 120 valence electrons. The number of sulfone groups is 1. The summed E-state index contributed by atoms with van der Waals surface area (Å²) in [6, 6.07) is 6.54. The van der Waals surface area contributed by atoms with Crippen molar-refractivity contribution in [1.29, 1.82) is 0 Å². The fourth-order valence-electron chi connectivity index (χ4n) is 1.50. The monoisotopic (exact) mass is 365 g/mol. The normalized spacial score (nSPS) is 12.5. The van der Waals surface area contributed by atoms with Crippen LogP contribution in [0.5, 0.6) is 0 Å². The van der Waals surface area contributed by atoms with E-state index < -0.39 is 25.1 Å². The molecule has 1 aromatic carbocycles. The van der Waals surface area contributed by atoms with E-state index in [1.807, 2.05) is 0 Å². The largest absolute Gasteiger partial charge is 0.411 e. The SMILES string of the molecule is CS(=O)(=O)c1nnc(CNS(=O)(=O)Cc2ccccc2Cl)o1. The number of hydrogen-bond donors (Lipinski definition) is 1. The molecule has 1 aromatic heterocycles. The fourth-order valence-corrected chi connectivity index (χ4v) is 3.33. The van der Waals surface area contributed by atoms with Crippen molar-refractivity contribution in [3.8, 4) is 0 Å². The van der Waals surface area contributed by atoms with Crippen LogP contribution in [0.25, 0.3) is 0 Å². The molecule has 22 heavy (non-hydrogen) atoms. The Hall–Kier alpha value is -1.49. The quantitative estimate of drug-likeness (QED) is 0.801. The number of aromatic nitrogens is 2. The maximum Gasteiger partial charge on any atom is 0.335 e. The molecule has 0 aliphatic heterocycles. The van der Waals surface area contributed by atoms with Crippen LogP contribution in [0.3, 0.4) is 0 Å². The Labute approximate surface area is 132 Å². The molecule has 0 unspecified atom stereocenters. The van der Waals surface area contributed by atoms with Gasteiger partial charge in [0.05, 0.1) is 12.3 Å². The summed E-state index contributed by atoms with van der Waals surface area (Å²) in [6.07, 6.45) is 0.909. The first-order valence-electron chi connectivity index (χ1n) is 5.90. The number of benzene rings is 1. The number of hydrogen-bond acceptors (Lipinski definition) is 7. The molecule has 0 bridgehead atoms. The van der Waals surface area contributed by atoms with Gasteiger partial charge in [-0.05, 0) is 11.6 Å². The molecule has 0 saturated carbocycles. The molecule has 2 aromatic rings. The van der Waals surface area contributed by atoms with Crippen LogP contribution in [-0.4, -0.2) is 33.3 Å². The van der Waals surface area contributed by atoms with E-state index in [0.29, 0.717) is 10.6 Å². The third-order valence-electron chi connectivity index (χ3n) is 2.51. The standard InChI is InChI=1S/C11H12ClN3O5S2/c1-21(16,17)11-15-14-10(20-11)6-13-22(18,19)7-8-4-2-3-5-9(8)12/h2-5,13H,6-7H2,1H3. The maximum absolute atomic E-state index is 12.0. The molecule has 0 aliphatic rings. The van der Waals surface area contributed by atoms with E-state index >= 15 is 0 Å². The fraction of sp³-hybridized carbons (Fsp3) is 0.273. The van der Waals surface area contributed by atoms with Crippen LogP contribution in [0.15, 0.2) is 33.9 Å². The molecule has 11 heteroatoms. The molecule has 0 spiro atoms. The second-order valence-electron chi connectivity index (χ2n) is 4.41. The number of sulfonamides is 1. The predicted octanol–water partition coefficient (Wildman–Crippen LogP) is 0.746. The topological polar surface area (TPSA) is 119 Å². The van der Waals surface area contributed by atoms with Crippen LogP contribution >= 0.6 is 11.6 Å². The third-order valence-corrected chi connectivity index (χ3v) is 4.96. The molecular formula is C11H12ClN3O5S2. The maximum atomic E-state index is 12.0. The van der Waals surface area contributed by atoms with E-state index in [4.69, 9.17) is 16.0 Å². The summed E-state index contributed by atoms with van der Waals surface area (Å²) in [4.78, 5) is 0. The molecule has 0 radical (unpaired) electrons. The Morgan fingerprint density at radius 3 is 2.45 bits per heavy atom. The molecule has 2 rings (SSSR count). The highest BCUT2D eigenvalue weighted by Gasteiger charge is 2.19. The van der Waals surface area contributed by atoms with Gasteiger partial charge >= 0.3 is 5.22 Å². The first-order valence-corrected chi connectivity index (χ1v) is 9.83. The molecule has 0 atom stereocenters. The van der Waals surface area contributed by atoms with Crippen molar-refractivity contribution in [1.82, 2.24) is 14.9 Å². The average molecular weight is 366 g/mol. The highest BCUT2D eigenvalue weighted by molar-refractivity contribution is 7.90. The average Bonchev–Trinajstić information content (AvgIpc) is 2.88. The minimum atomic E-state index is -3.69. The van der Waals surface area contributed by atoms with Crippen molar-refractivity contribution in [2.45, 2.75) is 17.5 Å². The van der Waals surface area contributed by atoms with E-state index in [1.54, 1.807) is 24.3 Å². The molecule has 1 N–H and O–H groups in total. The minimum absolute atomic E-state index is 0.150. The van der Waals surface area contributed by atoms with Crippen LogP contribution in [0, 0.1) is 0 Å². The van der Waals surface area contributed by atoms with E-state index in [1.165, 1.54) is 0 Å². The zero-order valence-corrected chi connectivity index (χ0v) is 13.7. The van der Waals surface area contributed by atoms with E-state index in [2.05, 4.69) is 14.9 Å². The number of nitrogens with one attached hydrogen (secondary N) is 1. The van der Waals surface area contributed by atoms with Gasteiger partial charge in [0, 0.05) is 11.3 Å². The molecular weight excluding hydrogens is 354 g/mol. The predicted molar refractivity (Wildman–Crippen MR) is 78.3 cm³/mol. The highest BCUT2D eigenvalue weighted by atomic mass is 35.5. The zero-order valence-electron chi connectivity index (χ0n) is 11.4. The van der Waals surface area contributed by atoms with Gasteiger partial charge in [-0.2, -0.15) is 0 Å². The van der Waals surface area contributed by atoms with Crippen LogP contribution < -0.4 is 4.72 Å². The van der Waals surface area contributed by atoms with Gasteiger partial charge in [-0.15, -0.1) is 5.10 Å². The molecule has 0 aliphatic carbocycles. The smallest absolute Gasteiger partial charge is 0.335 e. The molecule has 0 fully saturated rings. The van der Waals surface area contributed by atoms with Crippen LogP contribution in [0.2, 0.25) is 5.02 Å². The van der Waals surface area contributed by atoms with Crippen molar-refractivity contribution in [2.24, 2.45) is 0 Å². The summed E-state index contributed by atoms with van der Waals surface area (Å²) in [5, 5.41) is 6.56. The lowest BCUT2D eigenvalue weighted by molar-refractivity contribution is 0.394. The van der Waals surface area contributed by atoms with Crippen molar-refractivity contribution in [3.63, 3.8) is 0 Å². The van der Waals surface area contributed by atoms with Gasteiger partial charge < -0.3 is 4.42 Å². The molecule has 1 heterocycles. The summed E-state index contributed by atoms with van der Waals surface area (Å²) in [7, 11) is -7.32. The first kappa shape index (κ1) is 16.9. The van der Waals surface area contributed by atoms with Gasteiger partial charge in [0.2, 0.25) is 25.8 Å². The lowest BCUT2D eigenvalue weighted by Crippen LogP contribution is -2.25. The Morgan fingerprint density at radius 2 is 1.86 bits per heavy atom. The Balaban J connectivity index is 2.04. The highest BCUT2D eigenvalue weighted by Crippen LogP contribution is 2.17. The van der Waals surface area contributed by atoms with E-state index in [-0.39, 0.29) is 18.2 Å². The Kier molecular flexibility index (Phi) is 4.85. The number of rotatable bonds is 6. The summed E-state index contributed by atoms with van der Waals surface area (Å²) in [5.41, 5.74) is 0.444. The van der Waals surface area contributed by atoms with Crippen molar-refractivity contribution in [3.05, 3.63) is 40.7 Å². The van der Waals surface area contributed by atoms with Crippen molar-refractivity contribution < 1.29 is 21.3 Å². The zero-order chi connectivity index (χ0) is 16.4. The lowest BCUT2D eigenvalue weighted by atomic mass is 10.2. The van der Waals surface area contributed by atoms with Gasteiger partial charge in [0.1, 0.15) is 0 Å². The van der Waals surface area contributed by atoms with E-state index in [9.17, 15) is 16.8 Å². The molecule has 0 amide bonds. The van der Waals surface area contributed by atoms with Gasteiger partial charge in [0.25, 0.3) is 0 Å². The van der Waals surface area contributed by atoms with Crippen LogP contribution in [0.4, 0.5) is 0 Å². The second kappa shape index (κ2) is 6.32. The number of halogens is 1. The lowest BCUT2D eigenvalue weighted by Gasteiger charge is -2.06. The summed E-state index contributed by atoms with van der Waals surface area (Å²) >= 11 is 5.90. The number of nitrogens with zero attached hydrogens (tertiary/aromatic N) is 2. The summed E-state index contributed by atoms with van der Waals surface area (Å²) in [5.74, 6) is -0.470. The van der Waals surface area contributed by atoms with Gasteiger partial charge in [0.15, 0.2) is 0 Å². The van der Waals surface area contributed by atoms with Crippen LogP contribution in [-0.2, 0) is 32.2 Å². The summed E-state index contributed by atoms with van der Waals surface area (Å²) in [6.45, 7) is -0.310. The molecule has 0 saturated heterocycles. The minimum Gasteiger partial charge on any atom is -0.411 e. The summed E-state index contributed by atoms with van der Waals surface area (Å²) < 4.78 is 53.3.